The predicted octanol–water partition coefficient (Wildman–Crippen LogP) is 3.62. The first-order valence-electron chi connectivity index (χ1n) is 6.93. The SMILES string of the molecule is CC[C@@H]1CC[C@@H]2[C@@H](C1)C(C)(C)ON2C(C)C. The summed E-state index contributed by atoms with van der Waals surface area (Å²) in [5, 5.41) is 2.27. The van der Waals surface area contributed by atoms with Gasteiger partial charge in [-0.25, -0.2) is 0 Å². The third-order valence-corrected chi connectivity index (χ3v) is 4.57. The minimum Gasteiger partial charge on any atom is -0.292 e. The molecule has 0 aromatic carbocycles. The first-order chi connectivity index (χ1) is 7.45. The van der Waals surface area contributed by atoms with Crippen LogP contribution >= 0.6 is 0 Å². The van der Waals surface area contributed by atoms with Crippen LogP contribution in [0.3, 0.4) is 0 Å². The van der Waals surface area contributed by atoms with E-state index in [4.69, 9.17) is 4.84 Å². The molecule has 1 saturated heterocycles. The summed E-state index contributed by atoms with van der Waals surface area (Å²) in [4.78, 5) is 6.18. The Bertz CT molecular complexity index is 249. The van der Waals surface area contributed by atoms with E-state index >= 15 is 0 Å². The van der Waals surface area contributed by atoms with Gasteiger partial charge in [-0.15, -0.1) is 0 Å². The van der Waals surface area contributed by atoms with Gasteiger partial charge in [0.1, 0.15) is 0 Å². The van der Waals surface area contributed by atoms with Crippen LogP contribution in [0.4, 0.5) is 0 Å². The molecule has 0 radical (unpaired) electrons. The number of hydroxylamine groups is 2. The van der Waals surface area contributed by atoms with Crippen LogP contribution in [0.15, 0.2) is 0 Å². The monoisotopic (exact) mass is 225 g/mol. The predicted molar refractivity (Wildman–Crippen MR) is 67.0 cm³/mol. The summed E-state index contributed by atoms with van der Waals surface area (Å²) in [6.07, 6.45) is 5.41. The fraction of sp³-hybridized carbons (Fsp3) is 1.00. The van der Waals surface area contributed by atoms with Gasteiger partial charge < -0.3 is 0 Å². The van der Waals surface area contributed by atoms with Crippen molar-refractivity contribution in [2.24, 2.45) is 11.8 Å². The third kappa shape index (κ3) is 2.02. The second kappa shape index (κ2) is 4.30. The van der Waals surface area contributed by atoms with Crippen molar-refractivity contribution >= 4 is 0 Å². The highest BCUT2D eigenvalue weighted by atomic mass is 16.7. The summed E-state index contributed by atoms with van der Waals surface area (Å²) < 4.78 is 0. The minimum absolute atomic E-state index is 0.0444. The van der Waals surface area contributed by atoms with Crippen molar-refractivity contribution in [2.45, 2.75) is 78.0 Å². The van der Waals surface area contributed by atoms with Gasteiger partial charge in [-0.05, 0) is 52.9 Å². The van der Waals surface area contributed by atoms with E-state index in [0.717, 1.165) is 11.8 Å². The molecule has 1 saturated carbocycles. The zero-order valence-corrected chi connectivity index (χ0v) is 11.5. The van der Waals surface area contributed by atoms with E-state index in [2.05, 4.69) is 39.7 Å². The first-order valence-corrected chi connectivity index (χ1v) is 6.93. The molecule has 16 heavy (non-hydrogen) atoms. The van der Waals surface area contributed by atoms with E-state index in [0.29, 0.717) is 12.1 Å². The molecule has 94 valence electrons. The summed E-state index contributed by atoms with van der Waals surface area (Å²) in [7, 11) is 0. The second-order valence-electron chi connectivity index (χ2n) is 6.41. The standard InChI is InChI=1S/C14H27NO/c1-6-11-7-8-13-12(9-11)14(4,5)16-15(13)10(2)3/h10-13H,6-9H2,1-5H3/t11-,12-,13-/m1/s1. The summed E-state index contributed by atoms with van der Waals surface area (Å²) in [5.74, 6) is 1.66. The fourth-order valence-electron chi connectivity index (χ4n) is 3.56. The Balaban J connectivity index is 2.14. The molecule has 2 nitrogen and oxygen atoms in total. The van der Waals surface area contributed by atoms with Crippen molar-refractivity contribution in [3.8, 4) is 0 Å². The quantitative estimate of drug-likeness (QED) is 0.712. The van der Waals surface area contributed by atoms with E-state index in [-0.39, 0.29) is 5.60 Å². The molecule has 0 unspecified atom stereocenters. The van der Waals surface area contributed by atoms with Gasteiger partial charge in [0.2, 0.25) is 0 Å². The van der Waals surface area contributed by atoms with E-state index in [1.54, 1.807) is 0 Å². The van der Waals surface area contributed by atoms with Gasteiger partial charge >= 0.3 is 0 Å². The Hall–Kier alpha value is -0.0800. The lowest BCUT2D eigenvalue weighted by Gasteiger charge is -2.36. The average Bonchev–Trinajstić information content (AvgIpc) is 2.51. The van der Waals surface area contributed by atoms with Crippen molar-refractivity contribution in [2.75, 3.05) is 0 Å². The highest BCUT2D eigenvalue weighted by molar-refractivity contribution is 4.98. The summed E-state index contributed by atoms with van der Waals surface area (Å²) in [5.41, 5.74) is 0.0444. The topological polar surface area (TPSA) is 12.5 Å². The van der Waals surface area contributed by atoms with Crippen molar-refractivity contribution in [3.05, 3.63) is 0 Å². The number of fused-ring (bicyclic) bond motifs is 1. The van der Waals surface area contributed by atoms with Crippen LogP contribution in [0, 0.1) is 11.8 Å². The highest BCUT2D eigenvalue weighted by Gasteiger charge is 2.51. The average molecular weight is 225 g/mol. The molecule has 0 bridgehead atoms. The van der Waals surface area contributed by atoms with Gasteiger partial charge in [0.05, 0.1) is 5.60 Å². The summed E-state index contributed by atoms with van der Waals surface area (Å²) in [6, 6.07) is 1.17. The van der Waals surface area contributed by atoms with E-state index < -0.39 is 0 Å². The Morgan fingerprint density at radius 2 is 2.00 bits per heavy atom. The zero-order chi connectivity index (χ0) is 11.9. The van der Waals surface area contributed by atoms with E-state index in [1.807, 2.05) is 0 Å². The molecule has 1 aliphatic carbocycles. The number of hydrogen-bond acceptors (Lipinski definition) is 2. The molecule has 0 amide bonds. The smallest absolute Gasteiger partial charge is 0.0887 e. The maximum Gasteiger partial charge on any atom is 0.0887 e. The molecule has 0 aromatic rings. The molecule has 1 heterocycles. The molecule has 3 atom stereocenters. The molecule has 0 aromatic heterocycles. The molecule has 0 N–H and O–H groups in total. The van der Waals surface area contributed by atoms with Crippen LogP contribution in [0.1, 0.15) is 60.3 Å². The maximum atomic E-state index is 6.18. The second-order valence-corrected chi connectivity index (χ2v) is 6.41. The molecule has 1 aliphatic heterocycles. The van der Waals surface area contributed by atoms with E-state index in [9.17, 15) is 0 Å². The molecule has 2 rings (SSSR count). The Morgan fingerprint density at radius 1 is 1.31 bits per heavy atom. The number of nitrogens with zero attached hydrogens (tertiary/aromatic N) is 1. The van der Waals surface area contributed by atoms with Gasteiger partial charge in [-0.1, -0.05) is 13.3 Å². The zero-order valence-electron chi connectivity index (χ0n) is 11.5. The fourth-order valence-corrected chi connectivity index (χ4v) is 3.56. The highest BCUT2D eigenvalue weighted by Crippen LogP contribution is 2.47. The van der Waals surface area contributed by atoms with Crippen LogP contribution < -0.4 is 0 Å². The molecule has 2 heteroatoms. The van der Waals surface area contributed by atoms with Crippen molar-refractivity contribution in [1.82, 2.24) is 5.06 Å². The van der Waals surface area contributed by atoms with Crippen molar-refractivity contribution in [3.63, 3.8) is 0 Å². The van der Waals surface area contributed by atoms with Crippen LogP contribution in [-0.2, 0) is 4.84 Å². The molecule has 2 aliphatic rings. The van der Waals surface area contributed by atoms with Gasteiger partial charge in [0.25, 0.3) is 0 Å². The largest absolute Gasteiger partial charge is 0.292 e. The Labute approximate surface area is 100 Å². The molecular formula is C14H27NO. The van der Waals surface area contributed by atoms with Gasteiger partial charge in [-0.2, -0.15) is 5.06 Å². The van der Waals surface area contributed by atoms with Crippen LogP contribution in [0.5, 0.6) is 0 Å². The van der Waals surface area contributed by atoms with Gasteiger partial charge in [0, 0.05) is 18.0 Å². The first kappa shape index (κ1) is 12.4. The lowest BCUT2D eigenvalue weighted by Crippen LogP contribution is -2.41. The summed E-state index contributed by atoms with van der Waals surface area (Å²) in [6.45, 7) is 11.3. The van der Waals surface area contributed by atoms with Crippen LogP contribution in [-0.4, -0.2) is 22.7 Å². The lowest BCUT2D eigenvalue weighted by atomic mass is 9.71. The Morgan fingerprint density at radius 3 is 2.56 bits per heavy atom. The minimum atomic E-state index is 0.0444. The number of hydrogen-bond donors (Lipinski definition) is 0. The van der Waals surface area contributed by atoms with Gasteiger partial charge in [0.15, 0.2) is 0 Å². The van der Waals surface area contributed by atoms with E-state index in [1.165, 1.54) is 25.7 Å². The summed E-state index contributed by atoms with van der Waals surface area (Å²) >= 11 is 0. The molecule has 2 fully saturated rings. The normalized spacial score (nSPS) is 39.0. The van der Waals surface area contributed by atoms with Crippen LogP contribution in [0.25, 0.3) is 0 Å². The number of rotatable bonds is 2. The lowest BCUT2D eigenvalue weighted by molar-refractivity contribution is -0.211. The molecule has 0 spiro atoms. The maximum absolute atomic E-state index is 6.18. The van der Waals surface area contributed by atoms with Crippen molar-refractivity contribution < 1.29 is 4.84 Å². The Kier molecular flexibility index (Phi) is 3.33. The van der Waals surface area contributed by atoms with Crippen molar-refractivity contribution in [1.29, 1.82) is 0 Å². The third-order valence-electron chi connectivity index (χ3n) is 4.57. The van der Waals surface area contributed by atoms with Gasteiger partial charge in [-0.3, -0.25) is 4.84 Å². The molecular weight excluding hydrogens is 198 g/mol. The van der Waals surface area contributed by atoms with Crippen LogP contribution in [0.2, 0.25) is 0 Å².